The van der Waals surface area contributed by atoms with Gasteiger partial charge in [0.05, 0.1) is 26.3 Å². The van der Waals surface area contributed by atoms with Gasteiger partial charge in [0, 0.05) is 27.8 Å². The summed E-state index contributed by atoms with van der Waals surface area (Å²) >= 11 is 5.74. The van der Waals surface area contributed by atoms with Crippen LogP contribution in [0.5, 0.6) is 11.5 Å². The summed E-state index contributed by atoms with van der Waals surface area (Å²) in [5, 5.41) is 0.295. The van der Waals surface area contributed by atoms with Crippen molar-refractivity contribution in [2.45, 2.75) is 10.9 Å². The van der Waals surface area contributed by atoms with Crippen LogP contribution in [0.1, 0.15) is 5.56 Å². The van der Waals surface area contributed by atoms with Crippen LogP contribution in [-0.4, -0.2) is 39.6 Å². The molecule has 11 heteroatoms. The van der Waals surface area contributed by atoms with Crippen LogP contribution in [0.25, 0.3) is 21.7 Å². The molecule has 0 saturated carbocycles. The van der Waals surface area contributed by atoms with E-state index in [0.29, 0.717) is 22.1 Å². The zero-order chi connectivity index (χ0) is 23.0. The van der Waals surface area contributed by atoms with Crippen LogP contribution in [-0.2, 0) is 17.7 Å². The molecule has 32 heavy (non-hydrogen) atoms. The van der Waals surface area contributed by atoms with Gasteiger partial charge in [-0.3, -0.25) is 9.36 Å². The summed E-state index contributed by atoms with van der Waals surface area (Å²) in [6.07, 6.45) is 1.47. The monoisotopic (exact) mass is 493 g/mol. The molecule has 2 aromatic heterocycles. The third-order valence-corrected chi connectivity index (χ3v) is 7.25. The summed E-state index contributed by atoms with van der Waals surface area (Å²) in [7, 11) is 3.04. The fourth-order valence-corrected chi connectivity index (χ4v) is 4.95. The number of nitrogens with zero attached hydrogens (tertiary/aromatic N) is 3. The summed E-state index contributed by atoms with van der Waals surface area (Å²) in [4.78, 5) is 22.4. The van der Waals surface area contributed by atoms with E-state index in [1.54, 1.807) is 18.2 Å². The molecule has 0 aliphatic heterocycles. The highest BCUT2D eigenvalue weighted by Gasteiger charge is 2.23. The van der Waals surface area contributed by atoms with Crippen molar-refractivity contribution in [1.29, 1.82) is 0 Å². The molecular weight excluding hydrogens is 477 g/mol. The van der Waals surface area contributed by atoms with Gasteiger partial charge in [0.15, 0.2) is 10.3 Å². The van der Waals surface area contributed by atoms with Crippen molar-refractivity contribution in [1.82, 2.24) is 14.5 Å². The minimum atomic E-state index is -1.39. The van der Waals surface area contributed by atoms with Gasteiger partial charge in [-0.15, -0.1) is 0 Å². The van der Waals surface area contributed by atoms with Crippen LogP contribution in [0.15, 0.2) is 45.5 Å². The number of hydrogen-bond acceptors (Lipinski definition) is 7. The third-order valence-electron chi connectivity index (χ3n) is 4.74. The number of ether oxygens (including phenoxy) is 2. The standard InChI is InChI=1S/C21H17ClFN3O4S2/c1-29-13-6-4-11(16(9-13)30-2)10-26-18(14-8-12(22)5-7-15(14)23)25-19-17(20(26)27)24-21(31-19)32(3)28/h4-9H,10H2,1-3H3. The minimum Gasteiger partial charge on any atom is -0.610 e. The number of fused-ring (bicyclic) bond motifs is 1. The second-order valence-corrected chi connectivity index (χ2v) is 9.68. The molecule has 1 atom stereocenters. The topological polar surface area (TPSA) is 89.3 Å². The molecule has 0 aliphatic rings. The Labute approximate surface area is 194 Å². The number of rotatable bonds is 6. The summed E-state index contributed by atoms with van der Waals surface area (Å²) in [6.45, 7) is 0.0261. The molecule has 0 saturated heterocycles. The van der Waals surface area contributed by atoms with Gasteiger partial charge in [0.2, 0.25) is 0 Å². The van der Waals surface area contributed by atoms with Gasteiger partial charge in [0.25, 0.3) is 5.56 Å². The lowest BCUT2D eigenvalue weighted by atomic mass is 10.1. The van der Waals surface area contributed by atoms with Crippen molar-refractivity contribution in [3.05, 3.63) is 63.2 Å². The Morgan fingerprint density at radius 2 is 1.97 bits per heavy atom. The van der Waals surface area contributed by atoms with E-state index in [0.717, 1.165) is 11.3 Å². The Balaban J connectivity index is 1.98. The highest BCUT2D eigenvalue weighted by molar-refractivity contribution is 7.92. The Morgan fingerprint density at radius 1 is 1.19 bits per heavy atom. The first kappa shape index (κ1) is 22.5. The minimum absolute atomic E-state index is 0.0261. The van der Waals surface area contributed by atoms with Gasteiger partial charge in [-0.25, -0.2) is 9.37 Å². The number of hydrogen-bond donors (Lipinski definition) is 0. The van der Waals surface area contributed by atoms with Crippen molar-refractivity contribution in [3.63, 3.8) is 0 Å². The van der Waals surface area contributed by atoms with E-state index in [1.807, 2.05) is 0 Å². The summed E-state index contributed by atoms with van der Waals surface area (Å²) < 4.78 is 38.9. The van der Waals surface area contributed by atoms with Crippen molar-refractivity contribution < 1.29 is 18.4 Å². The van der Waals surface area contributed by atoms with Crippen molar-refractivity contribution in [3.8, 4) is 22.9 Å². The Bertz CT molecular complexity index is 1370. The number of halogens is 2. The molecule has 0 spiro atoms. The van der Waals surface area contributed by atoms with E-state index in [1.165, 1.54) is 43.2 Å². The van der Waals surface area contributed by atoms with Crippen molar-refractivity contribution in [2.75, 3.05) is 20.5 Å². The predicted octanol–water partition coefficient (Wildman–Crippen LogP) is 4.12. The van der Waals surface area contributed by atoms with Gasteiger partial charge < -0.3 is 14.0 Å². The lowest BCUT2D eigenvalue weighted by Crippen LogP contribution is -2.24. The molecule has 2 heterocycles. The Hall–Kier alpha value is -2.66. The fraction of sp³-hybridized carbons (Fsp3) is 0.190. The second-order valence-electron chi connectivity index (χ2n) is 6.72. The van der Waals surface area contributed by atoms with Crippen molar-refractivity contribution >= 4 is 44.5 Å². The summed E-state index contributed by atoms with van der Waals surface area (Å²) in [5.41, 5.74) is 0.292. The van der Waals surface area contributed by atoms with Gasteiger partial charge in [-0.2, -0.15) is 4.98 Å². The quantitative estimate of drug-likeness (QED) is 0.375. The molecule has 7 nitrogen and oxygen atoms in total. The normalized spacial score (nSPS) is 12.2. The Kier molecular flexibility index (Phi) is 6.38. The van der Waals surface area contributed by atoms with Crippen molar-refractivity contribution in [2.24, 2.45) is 0 Å². The predicted molar refractivity (Wildman–Crippen MR) is 123 cm³/mol. The summed E-state index contributed by atoms with van der Waals surface area (Å²) in [5.74, 6) is 0.571. The number of aromatic nitrogens is 3. The average molecular weight is 494 g/mol. The second kappa shape index (κ2) is 9.07. The largest absolute Gasteiger partial charge is 0.610 e. The number of methoxy groups -OCH3 is 2. The highest BCUT2D eigenvalue weighted by atomic mass is 35.5. The van der Waals surface area contributed by atoms with Crippen LogP contribution >= 0.6 is 22.9 Å². The molecule has 4 aromatic rings. The fourth-order valence-electron chi connectivity index (χ4n) is 3.19. The van der Waals surface area contributed by atoms with Gasteiger partial charge >= 0.3 is 4.34 Å². The molecule has 4 rings (SSSR count). The smallest absolute Gasteiger partial charge is 0.304 e. The van der Waals surface area contributed by atoms with Crippen LogP contribution in [0.4, 0.5) is 4.39 Å². The lowest BCUT2D eigenvalue weighted by Gasteiger charge is -2.15. The first-order chi connectivity index (χ1) is 15.3. The van der Waals surface area contributed by atoms with Crippen LogP contribution in [0.2, 0.25) is 5.02 Å². The maximum atomic E-state index is 14.8. The van der Waals surface area contributed by atoms with Gasteiger partial charge in [-0.1, -0.05) is 11.6 Å². The zero-order valence-electron chi connectivity index (χ0n) is 17.2. The maximum absolute atomic E-state index is 14.8. The van der Waals surface area contributed by atoms with Gasteiger partial charge in [0.1, 0.15) is 29.4 Å². The SMILES string of the molecule is COc1ccc(Cn2c(-c3cc(Cl)ccc3F)nc3sc([S+](C)[O-])nc3c2=O)c(OC)c1. The molecule has 166 valence electrons. The molecule has 0 bridgehead atoms. The van der Waals surface area contributed by atoms with E-state index in [-0.39, 0.29) is 32.6 Å². The molecule has 0 amide bonds. The summed E-state index contributed by atoms with van der Waals surface area (Å²) in [6, 6.07) is 9.21. The molecule has 0 N–H and O–H groups in total. The molecule has 1 unspecified atom stereocenters. The molecule has 0 aliphatic carbocycles. The van der Waals surface area contributed by atoms with Gasteiger partial charge in [-0.05, 0) is 41.7 Å². The zero-order valence-corrected chi connectivity index (χ0v) is 19.6. The Morgan fingerprint density at radius 3 is 2.66 bits per heavy atom. The average Bonchev–Trinajstić information content (AvgIpc) is 3.22. The molecule has 2 aromatic carbocycles. The van der Waals surface area contributed by atoms with E-state index in [9.17, 15) is 13.7 Å². The first-order valence-corrected chi connectivity index (χ1v) is 12.0. The van der Waals surface area contributed by atoms with Crippen LogP contribution < -0.4 is 15.0 Å². The first-order valence-electron chi connectivity index (χ1n) is 9.23. The third kappa shape index (κ3) is 4.18. The van der Waals surface area contributed by atoms with E-state index in [2.05, 4.69) is 9.97 Å². The molecular formula is C21H17ClFN3O4S2. The molecule has 0 radical (unpaired) electrons. The van der Waals surface area contributed by atoms with E-state index in [4.69, 9.17) is 21.1 Å². The maximum Gasteiger partial charge on any atom is 0.304 e. The van der Waals surface area contributed by atoms with Crippen LogP contribution in [0, 0.1) is 5.82 Å². The number of benzene rings is 2. The number of thiazole rings is 1. The van der Waals surface area contributed by atoms with E-state index >= 15 is 0 Å². The van der Waals surface area contributed by atoms with E-state index < -0.39 is 22.6 Å². The lowest BCUT2D eigenvalue weighted by molar-refractivity contribution is 0.390. The molecule has 0 fully saturated rings. The van der Waals surface area contributed by atoms with Crippen LogP contribution in [0.3, 0.4) is 0 Å². The highest BCUT2D eigenvalue weighted by Crippen LogP contribution is 2.30.